The molecule has 1 heterocycles. The number of benzene rings is 1. The minimum Gasteiger partial charge on any atom is -0.439 e. The fourth-order valence-corrected chi connectivity index (χ4v) is 1.81. The lowest BCUT2D eigenvalue weighted by atomic mass is 10.1. The van der Waals surface area contributed by atoms with Crippen LogP contribution in [0, 0.1) is 6.92 Å². The van der Waals surface area contributed by atoms with Crippen LogP contribution in [0.25, 0.3) is 0 Å². The Morgan fingerprint density at radius 2 is 2.06 bits per heavy atom. The normalized spacial score (nSPS) is 12.2. The van der Waals surface area contributed by atoms with Gasteiger partial charge in [0.2, 0.25) is 5.88 Å². The van der Waals surface area contributed by atoms with E-state index in [-0.39, 0.29) is 6.04 Å². The Bertz CT molecular complexity index is 555. The Morgan fingerprint density at radius 3 is 2.72 bits per heavy atom. The number of aromatic nitrogens is 1. The molecule has 2 rings (SSSR count). The third kappa shape index (κ3) is 3.09. The van der Waals surface area contributed by atoms with Crippen LogP contribution in [0.3, 0.4) is 0 Å². The second-order valence-corrected chi connectivity index (χ2v) is 5.08. The lowest BCUT2D eigenvalue weighted by Gasteiger charge is -2.09. The number of ether oxygens (including phenoxy) is 1. The van der Waals surface area contributed by atoms with Crippen LogP contribution < -0.4 is 10.5 Å². The molecule has 1 aromatic carbocycles. The second kappa shape index (κ2) is 5.50. The number of pyridine rings is 1. The molecule has 2 aromatic rings. The maximum atomic E-state index is 5.83. The molecule has 0 aliphatic carbocycles. The van der Waals surface area contributed by atoms with Crippen LogP contribution in [-0.2, 0) is 0 Å². The van der Waals surface area contributed by atoms with Crippen LogP contribution in [0.5, 0.6) is 11.6 Å². The van der Waals surface area contributed by atoms with Gasteiger partial charge < -0.3 is 10.5 Å². The average molecular weight is 307 g/mol. The Morgan fingerprint density at radius 1 is 1.28 bits per heavy atom. The third-order valence-electron chi connectivity index (χ3n) is 2.64. The highest BCUT2D eigenvalue weighted by molar-refractivity contribution is 9.10. The summed E-state index contributed by atoms with van der Waals surface area (Å²) in [6.45, 7) is 3.95. The smallest absolute Gasteiger partial charge is 0.219 e. The first-order valence-electron chi connectivity index (χ1n) is 5.72. The Hall–Kier alpha value is -1.39. The zero-order valence-corrected chi connectivity index (χ0v) is 11.9. The van der Waals surface area contributed by atoms with Gasteiger partial charge >= 0.3 is 0 Å². The maximum Gasteiger partial charge on any atom is 0.219 e. The van der Waals surface area contributed by atoms with Crippen molar-refractivity contribution in [3.63, 3.8) is 0 Å². The highest BCUT2D eigenvalue weighted by atomic mass is 79.9. The molecule has 0 saturated carbocycles. The molecular formula is C14H15BrN2O. The van der Waals surface area contributed by atoms with E-state index in [0.717, 1.165) is 21.3 Å². The molecule has 0 aliphatic heterocycles. The van der Waals surface area contributed by atoms with Gasteiger partial charge in [0, 0.05) is 22.8 Å². The first kappa shape index (κ1) is 13.1. The van der Waals surface area contributed by atoms with E-state index in [1.165, 1.54) is 0 Å². The third-order valence-corrected chi connectivity index (χ3v) is 3.53. The van der Waals surface area contributed by atoms with E-state index in [4.69, 9.17) is 10.5 Å². The van der Waals surface area contributed by atoms with Crippen LogP contribution in [0.1, 0.15) is 24.1 Å². The van der Waals surface area contributed by atoms with Gasteiger partial charge in [0.1, 0.15) is 5.75 Å². The fourth-order valence-electron chi connectivity index (χ4n) is 1.57. The maximum absolute atomic E-state index is 5.83. The second-order valence-electron chi connectivity index (χ2n) is 4.23. The van der Waals surface area contributed by atoms with Crippen molar-refractivity contribution >= 4 is 15.9 Å². The summed E-state index contributed by atoms with van der Waals surface area (Å²) < 4.78 is 6.78. The summed E-state index contributed by atoms with van der Waals surface area (Å²) >= 11 is 3.46. The number of rotatable bonds is 3. The molecule has 0 bridgehead atoms. The van der Waals surface area contributed by atoms with E-state index in [1.807, 2.05) is 44.2 Å². The van der Waals surface area contributed by atoms with Gasteiger partial charge in [0.15, 0.2) is 0 Å². The summed E-state index contributed by atoms with van der Waals surface area (Å²) in [5.41, 5.74) is 7.96. The largest absolute Gasteiger partial charge is 0.439 e. The van der Waals surface area contributed by atoms with Crippen molar-refractivity contribution in [2.45, 2.75) is 19.9 Å². The van der Waals surface area contributed by atoms with Crippen molar-refractivity contribution in [2.75, 3.05) is 0 Å². The summed E-state index contributed by atoms with van der Waals surface area (Å²) in [5.74, 6) is 1.33. The summed E-state index contributed by atoms with van der Waals surface area (Å²) in [7, 11) is 0. The molecule has 0 radical (unpaired) electrons. The number of nitrogens with two attached hydrogens (primary N) is 1. The number of hydrogen-bond acceptors (Lipinski definition) is 3. The molecule has 1 atom stereocenters. The van der Waals surface area contributed by atoms with Crippen LogP contribution in [0.15, 0.2) is 41.0 Å². The van der Waals surface area contributed by atoms with E-state index in [1.54, 1.807) is 6.20 Å². The molecule has 0 saturated heterocycles. The van der Waals surface area contributed by atoms with E-state index in [9.17, 15) is 0 Å². The van der Waals surface area contributed by atoms with Crippen LogP contribution in [0.4, 0.5) is 0 Å². The highest BCUT2D eigenvalue weighted by Crippen LogP contribution is 2.26. The molecule has 0 spiro atoms. The van der Waals surface area contributed by atoms with Crippen molar-refractivity contribution in [2.24, 2.45) is 5.73 Å². The first-order chi connectivity index (χ1) is 8.56. The fraction of sp³-hybridized carbons (Fsp3) is 0.214. The SMILES string of the molecule is Cc1cc(Oc2cc([C@@H](C)N)ccn2)ccc1Br. The van der Waals surface area contributed by atoms with Crippen LogP contribution >= 0.6 is 15.9 Å². The summed E-state index contributed by atoms with van der Waals surface area (Å²) in [6.07, 6.45) is 1.71. The van der Waals surface area contributed by atoms with Crippen molar-refractivity contribution in [3.8, 4) is 11.6 Å². The molecule has 0 fully saturated rings. The molecule has 2 N–H and O–H groups in total. The Balaban J connectivity index is 2.23. The molecule has 3 nitrogen and oxygen atoms in total. The zero-order valence-electron chi connectivity index (χ0n) is 10.4. The lowest BCUT2D eigenvalue weighted by Crippen LogP contribution is -2.05. The van der Waals surface area contributed by atoms with Crippen molar-refractivity contribution in [1.82, 2.24) is 4.98 Å². The Labute approximate surface area is 115 Å². The van der Waals surface area contributed by atoms with E-state index in [0.29, 0.717) is 5.88 Å². The van der Waals surface area contributed by atoms with Crippen LogP contribution in [0.2, 0.25) is 0 Å². The van der Waals surface area contributed by atoms with Crippen molar-refractivity contribution in [3.05, 3.63) is 52.1 Å². The van der Waals surface area contributed by atoms with Gasteiger partial charge in [-0.3, -0.25) is 0 Å². The summed E-state index contributed by atoms with van der Waals surface area (Å²) in [6, 6.07) is 9.55. The highest BCUT2D eigenvalue weighted by Gasteiger charge is 2.04. The van der Waals surface area contributed by atoms with Gasteiger partial charge in [-0.1, -0.05) is 15.9 Å². The number of halogens is 1. The minimum atomic E-state index is -0.0259. The molecule has 0 amide bonds. The number of aryl methyl sites for hydroxylation is 1. The molecule has 1 aromatic heterocycles. The molecule has 0 aliphatic rings. The quantitative estimate of drug-likeness (QED) is 0.933. The van der Waals surface area contributed by atoms with Crippen LogP contribution in [-0.4, -0.2) is 4.98 Å². The van der Waals surface area contributed by atoms with Gasteiger partial charge in [0.25, 0.3) is 0 Å². The topological polar surface area (TPSA) is 48.1 Å². The zero-order chi connectivity index (χ0) is 13.1. The first-order valence-corrected chi connectivity index (χ1v) is 6.51. The molecule has 94 valence electrons. The number of hydrogen-bond donors (Lipinski definition) is 1. The lowest BCUT2D eigenvalue weighted by molar-refractivity contribution is 0.461. The van der Waals surface area contributed by atoms with Crippen molar-refractivity contribution in [1.29, 1.82) is 0 Å². The molecule has 0 unspecified atom stereocenters. The van der Waals surface area contributed by atoms with Crippen molar-refractivity contribution < 1.29 is 4.74 Å². The Kier molecular flexibility index (Phi) is 3.99. The molecular weight excluding hydrogens is 292 g/mol. The predicted octanol–water partition coefficient (Wildman–Crippen LogP) is 3.96. The van der Waals surface area contributed by atoms with E-state index in [2.05, 4.69) is 20.9 Å². The van der Waals surface area contributed by atoms with Gasteiger partial charge in [-0.25, -0.2) is 4.98 Å². The standard InChI is InChI=1S/C14H15BrN2O/c1-9-7-12(3-4-13(9)15)18-14-8-11(10(2)16)5-6-17-14/h3-8,10H,16H2,1-2H3/t10-/m1/s1. The summed E-state index contributed by atoms with van der Waals surface area (Å²) in [4.78, 5) is 4.18. The van der Waals surface area contributed by atoms with Gasteiger partial charge in [-0.05, 0) is 49.2 Å². The van der Waals surface area contributed by atoms with E-state index >= 15 is 0 Å². The minimum absolute atomic E-state index is 0.0259. The van der Waals surface area contributed by atoms with Gasteiger partial charge in [-0.2, -0.15) is 0 Å². The monoisotopic (exact) mass is 306 g/mol. The average Bonchev–Trinajstić information content (AvgIpc) is 2.34. The number of nitrogens with zero attached hydrogens (tertiary/aromatic N) is 1. The molecule has 4 heteroatoms. The molecule has 18 heavy (non-hydrogen) atoms. The van der Waals surface area contributed by atoms with Gasteiger partial charge in [-0.15, -0.1) is 0 Å². The summed E-state index contributed by atoms with van der Waals surface area (Å²) in [5, 5.41) is 0. The van der Waals surface area contributed by atoms with E-state index < -0.39 is 0 Å². The van der Waals surface area contributed by atoms with Gasteiger partial charge in [0.05, 0.1) is 0 Å². The predicted molar refractivity (Wildman–Crippen MR) is 75.8 cm³/mol.